The standard InChI is InChI=1S/C16H17N3O3S/c1-2-15(23-14-5-3-4-11(17)10-14)16(20)18-12-6-8-13(9-7-12)19(21)22/h3-10,15H,2,17H2,1H3,(H,18,20). The van der Waals surface area contributed by atoms with Crippen molar-refractivity contribution in [2.75, 3.05) is 11.1 Å². The van der Waals surface area contributed by atoms with Crippen molar-refractivity contribution in [1.82, 2.24) is 0 Å². The van der Waals surface area contributed by atoms with Gasteiger partial charge in [0.2, 0.25) is 5.91 Å². The van der Waals surface area contributed by atoms with Gasteiger partial charge in [-0.3, -0.25) is 14.9 Å². The van der Waals surface area contributed by atoms with Gasteiger partial charge in [-0.25, -0.2) is 0 Å². The molecule has 6 nitrogen and oxygen atoms in total. The third kappa shape index (κ3) is 4.72. The highest BCUT2D eigenvalue weighted by Gasteiger charge is 2.18. The van der Waals surface area contributed by atoms with E-state index in [0.29, 0.717) is 17.8 Å². The summed E-state index contributed by atoms with van der Waals surface area (Å²) in [6.45, 7) is 1.93. The molecule has 2 aromatic rings. The maximum Gasteiger partial charge on any atom is 0.269 e. The number of benzene rings is 2. The second kappa shape index (κ2) is 7.64. The molecule has 0 aromatic heterocycles. The van der Waals surface area contributed by atoms with Crippen LogP contribution in [0.2, 0.25) is 0 Å². The smallest absolute Gasteiger partial charge is 0.269 e. The van der Waals surface area contributed by atoms with Gasteiger partial charge in [0.1, 0.15) is 0 Å². The summed E-state index contributed by atoms with van der Waals surface area (Å²) in [4.78, 5) is 23.4. The Kier molecular flexibility index (Phi) is 5.59. The van der Waals surface area contributed by atoms with E-state index >= 15 is 0 Å². The molecular formula is C16H17N3O3S. The van der Waals surface area contributed by atoms with Crippen LogP contribution in [-0.2, 0) is 4.79 Å². The van der Waals surface area contributed by atoms with Crippen molar-refractivity contribution < 1.29 is 9.72 Å². The summed E-state index contributed by atoms with van der Waals surface area (Å²) >= 11 is 1.44. The first-order valence-electron chi connectivity index (χ1n) is 7.07. The third-order valence-electron chi connectivity index (χ3n) is 3.15. The molecule has 0 saturated heterocycles. The fourth-order valence-electron chi connectivity index (χ4n) is 1.96. The zero-order chi connectivity index (χ0) is 16.8. The molecule has 1 unspecified atom stereocenters. The molecule has 0 fully saturated rings. The largest absolute Gasteiger partial charge is 0.399 e. The van der Waals surface area contributed by atoms with E-state index in [2.05, 4.69) is 5.32 Å². The molecule has 1 amide bonds. The van der Waals surface area contributed by atoms with Crippen LogP contribution in [0.15, 0.2) is 53.4 Å². The van der Waals surface area contributed by atoms with Gasteiger partial charge < -0.3 is 11.1 Å². The average molecular weight is 331 g/mol. The Hall–Kier alpha value is -2.54. The van der Waals surface area contributed by atoms with Gasteiger partial charge in [0.25, 0.3) is 5.69 Å². The van der Waals surface area contributed by atoms with Crippen LogP contribution in [0.3, 0.4) is 0 Å². The molecule has 3 N–H and O–H groups in total. The van der Waals surface area contributed by atoms with Crippen molar-refractivity contribution in [3.63, 3.8) is 0 Å². The Morgan fingerprint density at radius 2 is 2.00 bits per heavy atom. The second-order valence-corrected chi connectivity index (χ2v) is 6.16. The molecule has 2 rings (SSSR count). The number of thioether (sulfide) groups is 1. The maximum atomic E-state index is 12.4. The molecule has 1 atom stereocenters. The Bertz CT molecular complexity index is 704. The number of carbonyl (C=O) groups excluding carboxylic acids is 1. The summed E-state index contributed by atoms with van der Waals surface area (Å²) in [6, 6.07) is 13.1. The minimum absolute atomic E-state index is 0.0100. The molecule has 2 aromatic carbocycles. The van der Waals surface area contributed by atoms with E-state index in [1.54, 1.807) is 6.07 Å². The zero-order valence-corrected chi connectivity index (χ0v) is 13.4. The summed E-state index contributed by atoms with van der Waals surface area (Å²) in [5, 5.41) is 13.1. The minimum Gasteiger partial charge on any atom is -0.399 e. The SMILES string of the molecule is CCC(Sc1cccc(N)c1)C(=O)Nc1ccc([N+](=O)[O-])cc1. The number of nitrogens with one attached hydrogen (secondary N) is 1. The number of carbonyl (C=O) groups is 1. The number of non-ortho nitro benzene ring substituents is 1. The molecule has 0 aliphatic carbocycles. The normalized spacial score (nSPS) is 11.7. The molecule has 0 heterocycles. The number of nitrogens with zero attached hydrogens (tertiary/aromatic N) is 1. The van der Waals surface area contributed by atoms with Crippen LogP contribution < -0.4 is 11.1 Å². The first kappa shape index (κ1) is 16.8. The number of hydrogen-bond acceptors (Lipinski definition) is 5. The highest BCUT2D eigenvalue weighted by molar-refractivity contribution is 8.00. The van der Waals surface area contributed by atoms with E-state index in [9.17, 15) is 14.9 Å². The number of nitrogens with two attached hydrogens (primary N) is 1. The third-order valence-corrected chi connectivity index (χ3v) is 4.50. The molecule has 0 bridgehead atoms. The summed E-state index contributed by atoms with van der Waals surface area (Å²) < 4.78 is 0. The Balaban J connectivity index is 2.03. The lowest BCUT2D eigenvalue weighted by molar-refractivity contribution is -0.384. The number of nitrogen functional groups attached to an aromatic ring is 1. The lowest BCUT2D eigenvalue weighted by Crippen LogP contribution is -2.24. The van der Waals surface area contributed by atoms with E-state index in [1.165, 1.54) is 36.0 Å². The topological polar surface area (TPSA) is 98.3 Å². The van der Waals surface area contributed by atoms with Gasteiger partial charge in [0, 0.05) is 28.4 Å². The van der Waals surface area contributed by atoms with Gasteiger partial charge in [0.05, 0.1) is 10.2 Å². The van der Waals surface area contributed by atoms with E-state index in [-0.39, 0.29) is 16.8 Å². The molecular weight excluding hydrogens is 314 g/mol. The Morgan fingerprint density at radius 1 is 1.30 bits per heavy atom. The monoisotopic (exact) mass is 331 g/mol. The van der Waals surface area contributed by atoms with E-state index < -0.39 is 4.92 Å². The number of nitro groups is 1. The van der Waals surface area contributed by atoms with Crippen molar-refractivity contribution in [3.8, 4) is 0 Å². The van der Waals surface area contributed by atoms with Crippen LogP contribution >= 0.6 is 11.8 Å². The predicted octanol–water partition coefficient (Wildman–Crippen LogP) is 3.69. The molecule has 120 valence electrons. The highest BCUT2D eigenvalue weighted by atomic mass is 32.2. The molecule has 7 heteroatoms. The number of nitro benzene ring substituents is 1. The van der Waals surface area contributed by atoms with Crippen molar-refractivity contribution in [2.24, 2.45) is 0 Å². The van der Waals surface area contributed by atoms with Gasteiger partial charge in [-0.15, -0.1) is 11.8 Å². The van der Waals surface area contributed by atoms with Crippen LogP contribution in [0, 0.1) is 10.1 Å². The quantitative estimate of drug-likeness (QED) is 0.364. The van der Waals surface area contributed by atoms with Crippen LogP contribution in [0.1, 0.15) is 13.3 Å². The number of hydrogen-bond donors (Lipinski definition) is 2. The van der Waals surface area contributed by atoms with Crippen molar-refractivity contribution >= 4 is 34.7 Å². The van der Waals surface area contributed by atoms with E-state index in [4.69, 9.17) is 5.73 Å². The first-order chi connectivity index (χ1) is 11.0. The average Bonchev–Trinajstić information content (AvgIpc) is 2.53. The van der Waals surface area contributed by atoms with Gasteiger partial charge in [-0.2, -0.15) is 0 Å². The van der Waals surface area contributed by atoms with E-state index in [0.717, 1.165) is 4.90 Å². The van der Waals surface area contributed by atoms with Gasteiger partial charge in [-0.05, 0) is 36.8 Å². The van der Waals surface area contributed by atoms with Crippen molar-refractivity contribution in [1.29, 1.82) is 0 Å². The van der Waals surface area contributed by atoms with Crippen LogP contribution in [0.5, 0.6) is 0 Å². The lowest BCUT2D eigenvalue weighted by Gasteiger charge is -2.15. The fourth-order valence-corrected chi connectivity index (χ4v) is 2.99. The number of amides is 1. The minimum atomic E-state index is -0.476. The van der Waals surface area contributed by atoms with Gasteiger partial charge in [0.15, 0.2) is 0 Å². The molecule has 0 aliphatic heterocycles. The molecule has 0 saturated carbocycles. The fraction of sp³-hybridized carbons (Fsp3) is 0.188. The van der Waals surface area contributed by atoms with Crippen LogP contribution in [0.25, 0.3) is 0 Å². The molecule has 0 spiro atoms. The van der Waals surface area contributed by atoms with Gasteiger partial charge >= 0.3 is 0 Å². The Labute approximate surface area is 138 Å². The summed E-state index contributed by atoms with van der Waals surface area (Å²) in [7, 11) is 0. The predicted molar refractivity (Wildman–Crippen MR) is 92.5 cm³/mol. The lowest BCUT2D eigenvalue weighted by atomic mass is 10.2. The zero-order valence-electron chi connectivity index (χ0n) is 12.6. The summed E-state index contributed by atoms with van der Waals surface area (Å²) in [5.74, 6) is -0.145. The van der Waals surface area contributed by atoms with Crippen LogP contribution in [-0.4, -0.2) is 16.1 Å². The number of anilines is 2. The molecule has 0 radical (unpaired) electrons. The van der Waals surface area contributed by atoms with Crippen molar-refractivity contribution in [3.05, 3.63) is 58.6 Å². The number of rotatable bonds is 6. The van der Waals surface area contributed by atoms with Gasteiger partial charge in [-0.1, -0.05) is 13.0 Å². The second-order valence-electron chi connectivity index (χ2n) is 4.88. The first-order valence-corrected chi connectivity index (χ1v) is 7.95. The van der Waals surface area contributed by atoms with Crippen LogP contribution in [0.4, 0.5) is 17.1 Å². The van der Waals surface area contributed by atoms with Crippen molar-refractivity contribution in [2.45, 2.75) is 23.5 Å². The highest BCUT2D eigenvalue weighted by Crippen LogP contribution is 2.28. The summed E-state index contributed by atoms with van der Waals surface area (Å²) in [5.41, 5.74) is 6.92. The Morgan fingerprint density at radius 3 is 2.57 bits per heavy atom. The summed E-state index contributed by atoms with van der Waals surface area (Å²) in [6.07, 6.45) is 0.651. The molecule has 23 heavy (non-hydrogen) atoms. The molecule has 0 aliphatic rings. The maximum absolute atomic E-state index is 12.4. The van der Waals surface area contributed by atoms with E-state index in [1.807, 2.05) is 25.1 Å².